The summed E-state index contributed by atoms with van der Waals surface area (Å²) in [6, 6.07) is 9.56. The molecule has 1 aliphatic heterocycles. The van der Waals surface area contributed by atoms with Crippen molar-refractivity contribution in [1.82, 2.24) is 10.3 Å². The predicted molar refractivity (Wildman–Crippen MR) is 121 cm³/mol. The van der Waals surface area contributed by atoms with E-state index in [2.05, 4.69) is 31.5 Å². The second-order valence-corrected chi connectivity index (χ2v) is 9.61. The fourth-order valence-electron chi connectivity index (χ4n) is 3.45. The molecule has 160 valence electrons. The molecule has 2 heterocycles. The molecule has 0 spiro atoms. The Bertz CT molecular complexity index is 940. The Kier molecular flexibility index (Phi) is 6.81. The van der Waals surface area contributed by atoms with Crippen molar-refractivity contribution in [3.8, 4) is 11.3 Å². The molecule has 6 nitrogen and oxygen atoms in total. The third kappa shape index (κ3) is 5.81. The Morgan fingerprint density at radius 3 is 2.77 bits per heavy atom. The van der Waals surface area contributed by atoms with Gasteiger partial charge in [0.05, 0.1) is 17.4 Å². The molecule has 2 atom stereocenters. The van der Waals surface area contributed by atoms with E-state index in [1.807, 2.05) is 58.0 Å². The number of nitrogens with one attached hydrogen (secondary N) is 2. The predicted octanol–water partition coefficient (Wildman–Crippen LogP) is 5.84. The van der Waals surface area contributed by atoms with E-state index >= 15 is 0 Å². The maximum atomic E-state index is 12.7. The Morgan fingerprint density at radius 1 is 1.27 bits per heavy atom. The first-order valence-corrected chi connectivity index (χ1v) is 11.0. The van der Waals surface area contributed by atoms with Crippen LogP contribution >= 0.6 is 15.9 Å². The van der Waals surface area contributed by atoms with E-state index < -0.39 is 11.7 Å². The fourth-order valence-corrected chi connectivity index (χ4v) is 3.79. The monoisotopic (exact) mass is 473 g/mol. The number of pyridine rings is 1. The van der Waals surface area contributed by atoms with Crippen LogP contribution in [0.15, 0.2) is 41.0 Å². The molecular weight excluding hydrogens is 446 g/mol. The average Bonchev–Trinajstić information content (AvgIpc) is 2.65. The van der Waals surface area contributed by atoms with E-state index in [9.17, 15) is 9.59 Å². The summed E-state index contributed by atoms with van der Waals surface area (Å²) in [7, 11) is 0. The lowest BCUT2D eigenvalue weighted by molar-refractivity contribution is -0.119. The zero-order valence-electron chi connectivity index (χ0n) is 17.8. The number of hydrogen-bond donors (Lipinski definition) is 2. The summed E-state index contributed by atoms with van der Waals surface area (Å²) >= 11 is 3.44. The number of halogens is 1. The van der Waals surface area contributed by atoms with E-state index in [0.717, 1.165) is 28.4 Å². The number of amides is 2. The molecule has 1 aromatic carbocycles. The van der Waals surface area contributed by atoms with Gasteiger partial charge < -0.3 is 15.4 Å². The van der Waals surface area contributed by atoms with Crippen LogP contribution in [0.5, 0.6) is 0 Å². The lowest BCUT2D eigenvalue weighted by Gasteiger charge is -2.25. The molecule has 2 aromatic rings. The van der Waals surface area contributed by atoms with Crippen LogP contribution in [0.1, 0.15) is 58.6 Å². The van der Waals surface area contributed by atoms with Crippen molar-refractivity contribution < 1.29 is 14.3 Å². The van der Waals surface area contributed by atoms with Gasteiger partial charge in [-0.3, -0.25) is 9.78 Å². The number of rotatable bonds is 1. The highest BCUT2D eigenvalue weighted by Gasteiger charge is 2.23. The quantitative estimate of drug-likeness (QED) is 0.545. The maximum Gasteiger partial charge on any atom is 0.408 e. The number of hydrogen-bond acceptors (Lipinski definition) is 4. The van der Waals surface area contributed by atoms with Gasteiger partial charge >= 0.3 is 6.09 Å². The normalized spacial score (nSPS) is 19.6. The van der Waals surface area contributed by atoms with Gasteiger partial charge in [-0.05, 0) is 67.2 Å². The van der Waals surface area contributed by atoms with E-state index in [-0.39, 0.29) is 17.9 Å². The first kappa shape index (κ1) is 22.3. The highest BCUT2D eigenvalue weighted by Crippen LogP contribution is 2.32. The number of aromatic nitrogens is 1. The molecule has 0 unspecified atom stereocenters. The molecule has 0 saturated carbocycles. The second-order valence-electron chi connectivity index (χ2n) is 8.70. The first-order chi connectivity index (χ1) is 14.1. The Hall–Kier alpha value is -2.41. The van der Waals surface area contributed by atoms with Crippen LogP contribution in [0, 0.1) is 5.92 Å². The summed E-state index contributed by atoms with van der Waals surface area (Å²) in [6.07, 6.45) is 3.49. The van der Waals surface area contributed by atoms with Gasteiger partial charge in [-0.1, -0.05) is 31.5 Å². The van der Waals surface area contributed by atoms with E-state index in [1.54, 1.807) is 6.20 Å². The van der Waals surface area contributed by atoms with Crippen molar-refractivity contribution in [3.05, 3.63) is 46.6 Å². The lowest BCUT2D eigenvalue weighted by atomic mass is 9.94. The van der Waals surface area contributed by atoms with Crippen LogP contribution in [0.4, 0.5) is 10.5 Å². The van der Waals surface area contributed by atoms with Gasteiger partial charge in [-0.2, -0.15) is 0 Å². The smallest absolute Gasteiger partial charge is 0.408 e. The first-order valence-electron chi connectivity index (χ1n) is 10.2. The molecule has 2 N–H and O–H groups in total. The Morgan fingerprint density at radius 2 is 2.03 bits per heavy atom. The van der Waals surface area contributed by atoms with Crippen LogP contribution in [0.3, 0.4) is 0 Å². The molecule has 7 heteroatoms. The largest absolute Gasteiger partial charge is 0.444 e. The molecule has 2 bridgehead atoms. The third-order valence-corrected chi connectivity index (χ3v) is 5.38. The Balaban J connectivity index is 2.00. The van der Waals surface area contributed by atoms with Crippen molar-refractivity contribution in [1.29, 1.82) is 0 Å². The topological polar surface area (TPSA) is 80.3 Å². The molecule has 30 heavy (non-hydrogen) atoms. The number of carbonyl (C=O) groups is 2. The second kappa shape index (κ2) is 9.16. The Labute approximate surface area is 185 Å². The number of nitrogens with zero attached hydrogens (tertiary/aromatic N) is 1. The van der Waals surface area contributed by atoms with Gasteiger partial charge in [-0.25, -0.2) is 4.79 Å². The van der Waals surface area contributed by atoms with Gasteiger partial charge in [0.15, 0.2) is 0 Å². The molecule has 1 aromatic heterocycles. The van der Waals surface area contributed by atoms with Gasteiger partial charge in [-0.15, -0.1) is 0 Å². The molecule has 0 fully saturated rings. The van der Waals surface area contributed by atoms with Crippen molar-refractivity contribution in [2.45, 2.75) is 58.6 Å². The number of ether oxygens (including phenoxy) is 1. The van der Waals surface area contributed by atoms with Crippen molar-refractivity contribution >= 4 is 33.6 Å². The standard InChI is InChI=1S/C23H28BrN3O3/c1-14-7-5-10-18(27-22(29)30-23(2,3)4)15-8-6-9-16(11-15)20-19(26-21(14)28)12-17(24)13-25-20/h6,8-9,11-14,18H,5,7,10H2,1-4H3,(H,26,28)(H,27,29)/t14-,18+/m1/s1. The lowest BCUT2D eigenvalue weighted by Crippen LogP contribution is -2.35. The summed E-state index contributed by atoms with van der Waals surface area (Å²) in [4.78, 5) is 29.7. The molecule has 0 aliphatic carbocycles. The molecular formula is C23H28BrN3O3. The summed E-state index contributed by atoms with van der Waals surface area (Å²) < 4.78 is 6.25. The summed E-state index contributed by atoms with van der Waals surface area (Å²) in [5, 5.41) is 6.03. The zero-order valence-corrected chi connectivity index (χ0v) is 19.4. The van der Waals surface area contributed by atoms with Crippen LogP contribution in [-0.2, 0) is 9.53 Å². The molecule has 0 saturated heterocycles. The minimum atomic E-state index is -0.569. The van der Waals surface area contributed by atoms with Crippen LogP contribution < -0.4 is 10.6 Å². The molecule has 0 radical (unpaired) electrons. The van der Waals surface area contributed by atoms with Crippen LogP contribution in [0.25, 0.3) is 11.3 Å². The highest BCUT2D eigenvalue weighted by molar-refractivity contribution is 9.10. The average molecular weight is 474 g/mol. The number of anilines is 1. The van der Waals surface area contributed by atoms with Crippen molar-refractivity contribution in [3.63, 3.8) is 0 Å². The highest BCUT2D eigenvalue weighted by atomic mass is 79.9. The van der Waals surface area contributed by atoms with E-state index in [1.165, 1.54) is 0 Å². The summed E-state index contributed by atoms with van der Waals surface area (Å²) in [6.45, 7) is 7.45. The third-order valence-electron chi connectivity index (χ3n) is 4.94. The number of benzene rings is 1. The van der Waals surface area contributed by atoms with Crippen molar-refractivity contribution in [2.75, 3.05) is 5.32 Å². The summed E-state index contributed by atoms with van der Waals surface area (Å²) in [5.41, 5.74) is 2.64. The summed E-state index contributed by atoms with van der Waals surface area (Å²) in [5.74, 6) is -0.193. The minimum absolute atomic E-state index is 0.0375. The molecule has 2 amide bonds. The SMILES string of the molecule is C[C@@H]1CCC[C@H](NC(=O)OC(C)(C)C)c2cccc(c2)-c2ncc(Br)cc2NC1=O. The number of carbonyl (C=O) groups excluding carboxylic acids is 2. The van der Waals surface area contributed by atoms with Crippen LogP contribution in [-0.4, -0.2) is 22.6 Å². The van der Waals surface area contributed by atoms with E-state index in [0.29, 0.717) is 17.8 Å². The van der Waals surface area contributed by atoms with Crippen LogP contribution in [0.2, 0.25) is 0 Å². The molecule has 3 rings (SSSR count). The van der Waals surface area contributed by atoms with Gasteiger partial charge in [0.2, 0.25) is 5.91 Å². The fraction of sp³-hybridized carbons (Fsp3) is 0.435. The van der Waals surface area contributed by atoms with E-state index in [4.69, 9.17) is 4.74 Å². The maximum absolute atomic E-state index is 12.7. The number of fused-ring (bicyclic) bond motifs is 4. The number of alkyl carbamates (subject to hydrolysis) is 1. The molecule has 1 aliphatic rings. The van der Waals surface area contributed by atoms with Crippen molar-refractivity contribution in [2.24, 2.45) is 5.92 Å². The van der Waals surface area contributed by atoms with Gasteiger partial charge in [0.1, 0.15) is 5.60 Å². The minimum Gasteiger partial charge on any atom is -0.444 e. The van der Waals surface area contributed by atoms with Gasteiger partial charge in [0, 0.05) is 22.2 Å². The van der Waals surface area contributed by atoms with Gasteiger partial charge in [0.25, 0.3) is 0 Å². The zero-order chi connectivity index (χ0) is 21.9.